The molecule has 0 saturated carbocycles. The molecule has 0 radical (unpaired) electrons. The van der Waals surface area contributed by atoms with Crippen LogP contribution in [-0.4, -0.2) is 34.3 Å². The molecular weight excluding hydrogens is 313 g/mol. The van der Waals surface area contributed by atoms with Crippen molar-refractivity contribution < 1.29 is 4.39 Å². The average Bonchev–Trinajstić information content (AvgIpc) is 3.01. The Bertz CT molecular complexity index is 600. The molecular formula is C12H13BrFN5. The van der Waals surface area contributed by atoms with Crippen LogP contribution in [0.2, 0.25) is 0 Å². The second-order valence-electron chi connectivity index (χ2n) is 4.61. The van der Waals surface area contributed by atoms with Crippen LogP contribution >= 0.6 is 15.9 Å². The van der Waals surface area contributed by atoms with Gasteiger partial charge in [0.2, 0.25) is 5.95 Å². The van der Waals surface area contributed by atoms with Crippen LogP contribution < -0.4 is 10.6 Å². The lowest BCUT2D eigenvalue weighted by atomic mass is 10.2. The molecule has 2 heterocycles. The molecule has 1 fully saturated rings. The van der Waals surface area contributed by atoms with E-state index in [2.05, 4.69) is 31.1 Å². The molecule has 1 aliphatic rings. The minimum atomic E-state index is -0.321. The van der Waals surface area contributed by atoms with E-state index in [0.717, 1.165) is 19.5 Å². The summed E-state index contributed by atoms with van der Waals surface area (Å²) < 4.78 is 13.9. The number of hydrogen-bond acceptors (Lipinski definition) is 4. The van der Waals surface area contributed by atoms with E-state index in [4.69, 9.17) is 5.73 Å². The van der Waals surface area contributed by atoms with E-state index in [-0.39, 0.29) is 11.9 Å². The standard InChI is InChI=1S/C12H13BrFN5/c13-9-2-1-7(5-10(9)14)11-16-12(18-17-11)19-4-3-8(15)6-19/h1-2,5,8H,3-4,6,15H2,(H,16,17,18). The number of anilines is 1. The number of nitrogens with zero attached hydrogens (tertiary/aromatic N) is 3. The summed E-state index contributed by atoms with van der Waals surface area (Å²) >= 11 is 3.12. The second kappa shape index (κ2) is 4.90. The molecule has 3 rings (SSSR count). The predicted molar refractivity (Wildman–Crippen MR) is 74.3 cm³/mol. The van der Waals surface area contributed by atoms with Gasteiger partial charge in [-0.15, -0.1) is 5.10 Å². The Morgan fingerprint density at radius 3 is 3.00 bits per heavy atom. The number of benzene rings is 1. The zero-order valence-corrected chi connectivity index (χ0v) is 11.7. The van der Waals surface area contributed by atoms with Crippen molar-refractivity contribution in [1.29, 1.82) is 0 Å². The van der Waals surface area contributed by atoms with Crippen LogP contribution in [0.25, 0.3) is 11.4 Å². The first-order valence-corrected chi connectivity index (χ1v) is 6.81. The maximum atomic E-state index is 13.5. The third kappa shape index (κ3) is 2.48. The van der Waals surface area contributed by atoms with E-state index in [9.17, 15) is 4.39 Å². The topological polar surface area (TPSA) is 70.8 Å². The molecule has 7 heteroatoms. The number of aromatic amines is 1. The summed E-state index contributed by atoms with van der Waals surface area (Å²) in [6.07, 6.45) is 0.941. The van der Waals surface area contributed by atoms with Gasteiger partial charge in [0, 0.05) is 24.7 Å². The largest absolute Gasteiger partial charge is 0.338 e. The van der Waals surface area contributed by atoms with Gasteiger partial charge in [-0.25, -0.2) is 4.39 Å². The van der Waals surface area contributed by atoms with Crippen molar-refractivity contribution in [2.45, 2.75) is 12.5 Å². The summed E-state index contributed by atoms with van der Waals surface area (Å²) in [5, 5.41) is 7.00. The first-order valence-electron chi connectivity index (χ1n) is 6.02. The lowest BCUT2D eigenvalue weighted by Crippen LogP contribution is -2.26. The van der Waals surface area contributed by atoms with Crippen molar-refractivity contribution in [3.8, 4) is 11.4 Å². The Hall–Kier alpha value is -1.47. The zero-order valence-electron chi connectivity index (χ0n) is 10.1. The number of halogens is 2. The highest BCUT2D eigenvalue weighted by atomic mass is 79.9. The molecule has 0 amide bonds. The maximum Gasteiger partial charge on any atom is 0.245 e. The molecule has 1 atom stereocenters. The normalized spacial score (nSPS) is 19.1. The van der Waals surface area contributed by atoms with Crippen molar-refractivity contribution in [1.82, 2.24) is 15.2 Å². The fourth-order valence-corrected chi connectivity index (χ4v) is 2.38. The fraction of sp³-hybridized carbons (Fsp3) is 0.333. The lowest BCUT2D eigenvalue weighted by molar-refractivity contribution is 0.621. The highest BCUT2D eigenvalue weighted by molar-refractivity contribution is 9.10. The monoisotopic (exact) mass is 325 g/mol. The van der Waals surface area contributed by atoms with Crippen molar-refractivity contribution in [3.63, 3.8) is 0 Å². The zero-order chi connectivity index (χ0) is 13.4. The molecule has 2 aromatic rings. The lowest BCUT2D eigenvalue weighted by Gasteiger charge is -2.11. The predicted octanol–water partition coefficient (Wildman–Crippen LogP) is 1.91. The molecule has 0 aliphatic carbocycles. The Morgan fingerprint density at radius 1 is 1.47 bits per heavy atom. The molecule has 100 valence electrons. The van der Waals surface area contributed by atoms with Crippen molar-refractivity contribution in [2.24, 2.45) is 5.73 Å². The summed E-state index contributed by atoms with van der Waals surface area (Å²) in [7, 11) is 0. The number of nitrogens with two attached hydrogens (primary N) is 1. The molecule has 5 nitrogen and oxygen atoms in total. The number of nitrogens with one attached hydrogen (secondary N) is 1. The third-order valence-electron chi connectivity index (χ3n) is 3.17. The van der Waals surface area contributed by atoms with Crippen LogP contribution in [0.4, 0.5) is 10.3 Å². The van der Waals surface area contributed by atoms with Crippen molar-refractivity contribution in [2.75, 3.05) is 18.0 Å². The Labute approximate surface area is 118 Å². The molecule has 1 saturated heterocycles. The first kappa shape index (κ1) is 12.6. The van der Waals surface area contributed by atoms with Gasteiger partial charge in [-0.1, -0.05) is 0 Å². The molecule has 3 N–H and O–H groups in total. The average molecular weight is 326 g/mol. The van der Waals surface area contributed by atoms with Gasteiger partial charge in [0.05, 0.1) is 4.47 Å². The highest BCUT2D eigenvalue weighted by Crippen LogP contribution is 2.24. The second-order valence-corrected chi connectivity index (χ2v) is 5.46. The molecule has 1 aromatic carbocycles. The maximum absolute atomic E-state index is 13.5. The molecule has 1 unspecified atom stereocenters. The van der Waals surface area contributed by atoms with E-state index in [1.807, 2.05) is 4.90 Å². The number of aromatic nitrogens is 3. The summed E-state index contributed by atoms with van der Waals surface area (Å²) in [5.74, 6) is 0.854. The quantitative estimate of drug-likeness (QED) is 0.884. The van der Waals surface area contributed by atoms with Gasteiger partial charge in [-0.3, -0.25) is 5.10 Å². The molecule has 19 heavy (non-hydrogen) atoms. The van der Waals surface area contributed by atoms with Crippen molar-refractivity contribution >= 4 is 21.9 Å². The van der Waals surface area contributed by atoms with Gasteiger partial charge >= 0.3 is 0 Å². The number of H-pyrrole nitrogens is 1. The van der Waals surface area contributed by atoms with Gasteiger partial charge in [-0.05, 0) is 40.5 Å². The van der Waals surface area contributed by atoms with Gasteiger partial charge in [0.1, 0.15) is 5.82 Å². The van der Waals surface area contributed by atoms with E-state index < -0.39 is 0 Å². The molecule has 1 aromatic heterocycles. The van der Waals surface area contributed by atoms with E-state index in [0.29, 0.717) is 21.8 Å². The minimum Gasteiger partial charge on any atom is -0.338 e. The Morgan fingerprint density at radius 2 is 2.32 bits per heavy atom. The molecule has 0 spiro atoms. The fourth-order valence-electron chi connectivity index (χ4n) is 2.14. The highest BCUT2D eigenvalue weighted by Gasteiger charge is 2.22. The van der Waals surface area contributed by atoms with Gasteiger partial charge < -0.3 is 10.6 Å². The van der Waals surface area contributed by atoms with Crippen LogP contribution in [0.15, 0.2) is 22.7 Å². The summed E-state index contributed by atoms with van der Waals surface area (Å²) in [4.78, 5) is 6.42. The smallest absolute Gasteiger partial charge is 0.245 e. The van der Waals surface area contributed by atoms with Crippen LogP contribution in [0.5, 0.6) is 0 Å². The summed E-state index contributed by atoms with van der Waals surface area (Å²) in [6, 6.07) is 5.03. The SMILES string of the molecule is NC1CCN(c2n[nH]c(-c3ccc(Br)c(F)c3)n2)C1. The van der Waals surface area contributed by atoms with Crippen molar-refractivity contribution in [3.05, 3.63) is 28.5 Å². The van der Waals surface area contributed by atoms with E-state index >= 15 is 0 Å². The molecule has 0 bridgehead atoms. The Balaban J connectivity index is 1.86. The summed E-state index contributed by atoms with van der Waals surface area (Å²) in [6.45, 7) is 1.61. The third-order valence-corrected chi connectivity index (χ3v) is 3.82. The number of hydrogen-bond donors (Lipinski definition) is 2. The molecule has 1 aliphatic heterocycles. The van der Waals surface area contributed by atoms with Crippen LogP contribution in [-0.2, 0) is 0 Å². The first-order chi connectivity index (χ1) is 9.13. The van der Waals surface area contributed by atoms with Crippen LogP contribution in [0, 0.1) is 5.82 Å². The number of rotatable bonds is 2. The minimum absolute atomic E-state index is 0.173. The summed E-state index contributed by atoms with van der Waals surface area (Å²) in [5.41, 5.74) is 6.52. The van der Waals surface area contributed by atoms with Crippen LogP contribution in [0.3, 0.4) is 0 Å². The van der Waals surface area contributed by atoms with E-state index in [1.165, 1.54) is 6.07 Å². The van der Waals surface area contributed by atoms with Gasteiger partial charge in [-0.2, -0.15) is 4.98 Å². The van der Waals surface area contributed by atoms with Gasteiger partial charge in [0.25, 0.3) is 0 Å². The van der Waals surface area contributed by atoms with Gasteiger partial charge in [0.15, 0.2) is 5.82 Å². The van der Waals surface area contributed by atoms with E-state index in [1.54, 1.807) is 12.1 Å². The Kier molecular flexibility index (Phi) is 3.24. The van der Waals surface area contributed by atoms with Crippen LogP contribution in [0.1, 0.15) is 6.42 Å².